The molecule has 4 nitrogen and oxygen atoms in total. The number of aryl methyl sites for hydroxylation is 1. The van der Waals surface area contributed by atoms with E-state index in [0.29, 0.717) is 5.82 Å². The lowest BCUT2D eigenvalue weighted by atomic mass is 10.2. The fourth-order valence-electron chi connectivity index (χ4n) is 2.35. The lowest BCUT2D eigenvalue weighted by Gasteiger charge is -2.13. The summed E-state index contributed by atoms with van der Waals surface area (Å²) in [6, 6.07) is 13.8. The molecule has 0 aliphatic heterocycles. The second kappa shape index (κ2) is 6.96. The molecule has 0 saturated heterocycles. The number of hydrogen-bond acceptors (Lipinski definition) is 4. The van der Waals surface area contributed by atoms with Crippen LogP contribution in [0.5, 0.6) is 11.5 Å². The highest BCUT2D eigenvalue weighted by atomic mass is 19.4. The predicted octanol–water partition coefficient (Wildman–Crippen LogP) is 4.46. The fourth-order valence-corrected chi connectivity index (χ4v) is 2.35. The largest absolute Gasteiger partial charge is 0.482 e. The van der Waals surface area contributed by atoms with Crippen molar-refractivity contribution in [1.29, 1.82) is 0 Å². The van der Waals surface area contributed by atoms with Gasteiger partial charge in [-0.05, 0) is 25.1 Å². The van der Waals surface area contributed by atoms with Crippen LogP contribution in [-0.4, -0.2) is 22.8 Å². The first-order valence-electron chi connectivity index (χ1n) is 7.56. The minimum atomic E-state index is -4.41. The van der Waals surface area contributed by atoms with Gasteiger partial charge in [0.05, 0.1) is 5.52 Å². The molecule has 0 unspecified atom stereocenters. The summed E-state index contributed by atoms with van der Waals surface area (Å²) in [7, 11) is 0. The molecule has 0 atom stereocenters. The monoisotopic (exact) mass is 348 g/mol. The van der Waals surface area contributed by atoms with Crippen LogP contribution in [0.4, 0.5) is 13.2 Å². The smallest absolute Gasteiger partial charge is 0.422 e. The maximum absolute atomic E-state index is 12.3. The maximum atomic E-state index is 12.3. The molecule has 3 aromatic rings. The number of alkyl halides is 3. The molecule has 0 bridgehead atoms. The second-order valence-electron chi connectivity index (χ2n) is 5.38. The van der Waals surface area contributed by atoms with Gasteiger partial charge >= 0.3 is 6.18 Å². The van der Waals surface area contributed by atoms with Gasteiger partial charge in [0.15, 0.2) is 23.9 Å². The summed E-state index contributed by atoms with van der Waals surface area (Å²) in [5.41, 5.74) is 1.60. The molecule has 0 saturated carbocycles. The van der Waals surface area contributed by atoms with Crippen LogP contribution in [0.3, 0.4) is 0 Å². The van der Waals surface area contributed by atoms with Crippen molar-refractivity contribution >= 4 is 10.9 Å². The van der Waals surface area contributed by atoms with E-state index < -0.39 is 12.8 Å². The summed E-state index contributed by atoms with van der Waals surface area (Å²) in [5, 5.41) is 0.945. The van der Waals surface area contributed by atoms with Crippen LogP contribution >= 0.6 is 0 Å². The summed E-state index contributed by atoms with van der Waals surface area (Å²) < 4.78 is 47.4. The third kappa shape index (κ3) is 4.37. The minimum Gasteiger partial charge on any atom is -0.482 e. The average Bonchev–Trinajstić information content (AvgIpc) is 2.58. The predicted molar refractivity (Wildman–Crippen MR) is 86.6 cm³/mol. The number of rotatable bonds is 5. The number of para-hydroxylation sites is 3. The van der Waals surface area contributed by atoms with Gasteiger partial charge in [0.1, 0.15) is 6.61 Å². The quantitative estimate of drug-likeness (QED) is 0.683. The van der Waals surface area contributed by atoms with Crippen molar-refractivity contribution in [3.8, 4) is 11.5 Å². The Morgan fingerprint density at radius 2 is 1.52 bits per heavy atom. The van der Waals surface area contributed by atoms with Crippen molar-refractivity contribution in [1.82, 2.24) is 9.97 Å². The molecule has 0 radical (unpaired) electrons. The van der Waals surface area contributed by atoms with Gasteiger partial charge in [-0.1, -0.05) is 30.3 Å². The molecule has 25 heavy (non-hydrogen) atoms. The van der Waals surface area contributed by atoms with Gasteiger partial charge in [0.25, 0.3) is 0 Å². The summed E-state index contributed by atoms with van der Waals surface area (Å²) in [5.74, 6) is 0.681. The van der Waals surface area contributed by atoms with Crippen LogP contribution in [0, 0.1) is 6.92 Å². The number of aromatic nitrogens is 2. The van der Waals surface area contributed by atoms with Gasteiger partial charge in [-0.3, -0.25) is 0 Å². The Hall–Kier alpha value is -2.83. The first-order chi connectivity index (χ1) is 11.9. The molecule has 130 valence electrons. The first-order valence-corrected chi connectivity index (χ1v) is 7.56. The Morgan fingerprint density at radius 3 is 2.24 bits per heavy atom. The number of benzene rings is 2. The molecule has 7 heteroatoms. The van der Waals surface area contributed by atoms with E-state index in [1.807, 2.05) is 31.2 Å². The standard InChI is InChI=1S/C18H15F3N2O2/c1-12-13-6-2-3-7-14(13)23-17(22-12)10-24-15-8-4-5-9-16(15)25-11-18(19,20)21/h2-9H,10-11H2,1H3. The summed E-state index contributed by atoms with van der Waals surface area (Å²) in [6.45, 7) is 0.519. The van der Waals surface area contributed by atoms with Crippen molar-refractivity contribution in [2.45, 2.75) is 19.7 Å². The highest BCUT2D eigenvalue weighted by molar-refractivity contribution is 5.80. The average molecular weight is 348 g/mol. The molecular weight excluding hydrogens is 333 g/mol. The molecule has 0 amide bonds. The van der Waals surface area contributed by atoms with Gasteiger partial charge in [0.2, 0.25) is 0 Å². The van der Waals surface area contributed by atoms with Crippen molar-refractivity contribution < 1.29 is 22.6 Å². The van der Waals surface area contributed by atoms with E-state index >= 15 is 0 Å². The molecule has 0 aliphatic carbocycles. The van der Waals surface area contributed by atoms with E-state index in [1.165, 1.54) is 6.07 Å². The van der Waals surface area contributed by atoms with E-state index in [1.54, 1.807) is 18.2 Å². The SMILES string of the molecule is Cc1nc(COc2ccccc2OCC(F)(F)F)nc2ccccc12. The maximum Gasteiger partial charge on any atom is 0.422 e. The molecule has 1 heterocycles. The lowest BCUT2D eigenvalue weighted by Crippen LogP contribution is -2.19. The van der Waals surface area contributed by atoms with E-state index in [4.69, 9.17) is 9.47 Å². The Morgan fingerprint density at radius 1 is 0.880 bits per heavy atom. The minimum absolute atomic E-state index is 0.0253. The molecule has 2 aromatic carbocycles. The zero-order chi connectivity index (χ0) is 17.9. The van der Waals surface area contributed by atoms with Crippen LogP contribution in [-0.2, 0) is 6.61 Å². The zero-order valence-corrected chi connectivity index (χ0v) is 13.4. The van der Waals surface area contributed by atoms with Crippen LogP contribution in [0.2, 0.25) is 0 Å². The molecule has 1 aromatic heterocycles. The van der Waals surface area contributed by atoms with Gasteiger partial charge < -0.3 is 9.47 Å². The molecule has 0 N–H and O–H groups in total. The Bertz CT molecular complexity index is 882. The van der Waals surface area contributed by atoms with Gasteiger partial charge in [-0.25, -0.2) is 9.97 Å². The van der Waals surface area contributed by atoms with Crippen LogP contribution in [0.25, 0.3) is 10.9 Å². The Labute approximate surface area is 142 Å². The van der Waals surface area contributed by atoms with Crippen molar-refractivity contribution in [2.75, 3.05) is 6.61 Å². The van der Waals surface area contributed by atoms with Gasteiger partial charge in [0, 0.05) is 11.1 Å². The summed E-state index contributed by atoms with van der Waals surface area (Å²) in [6.07, 6.45) is -4.41. The summed E-state index contributed by atoms with van der Waals surface area (Å²) >= 11 is 0. The van der Waals surface area contributed by atoms with Crippen LogP contribution in [0.1, 0.15) is 11.5 Å². The van der Waals surface area contributed by atoms with Crippen LogP contribution in [0.15, 0.2) is 48.5 Å². The highest BCUT2D eigenvalue weighted by Crippen LogP contribution is 2.29. The van der Waals surface area contributed by atoms with Crippen molar-refractivity contribution in [2.24, 2.45) is 0 Å². The molecule has 0 aliphatic rings. The topological polar surface area (TPSA) is 44.2 Å². The third-order valence-corrected chi connectivity index (χ3v) is 3.44. The molecule has 3 rings (SSSR count). The van der Waals surface area contributed by atoms with E-state index in [9.17, 15) is 13.2 Å². The Balaban J connectivity index is 1.76. The highest BCUT2D eigenvalue weighted by Gasteiger charge is 2.29. The first kappa shape index (κ1) is 17.0. The normalized spacial score (nSPS) is 11.5. The summed E-state index contributed by atoms with van der Waals surface area (Å²) in [4.78, 5) is 8.78. The van der Waals surface area contributed by atoms with Crippen molar-refractivity contribution in [3.05, 3.63) is 60.0 Å². The van der Waals surface area contributed by atoms with Crippen LogP contribution < -0.4 is 9.47 Å². The van der Waals surface area contributed by atoms with E-state index in [2.05, 4.69) is 9.97 Å². The third-order valence-electron chi connectivity index (χ3n) is 3.44. The number of halogens is 3. The fraction of sp³-hybridized carbons (Fsp3) is 0.222. The number of fused-ring (bicyclic) bond motifs is 1. The van der Waals surface area contributed by atoms with Gasteiger partial charge in [-0.2, -0.15) is 13.2 Å². The Kier molecular flexibility index (Phi) is 4.74. The number of hydrogen-bond donors (Lipinski definition) is 0. The van der Waals surface area contributed by atoms with Gasteiger partial charge in [-0.15, -0.1) is 0 Å². The van der Waals surface area contributed by atoms with E-state index in [0.717, 1.165) is 16.6 Å². The molecule has 0 fully saturated rings. The van der Waals surface area contributed by atoms with E-state index in [-0.39, 0.29) is 18.1 Å². The van der Waals surface area contributed by atoms with Crippen molar-refractivity contribution in [3.63, 3.8) is 0 Å². The molecule has 0 spiro atoms. The zero-order valence-electron chi connectivity index (χ0n) is 13.4. The second-order valence-corrected chi connectivity index (χ2v) is 5.38. The number of ether oxygens (including phenoxy) is 2. The number of nitrogens with zero attached hydrogens (tertiary/aromatic N) is 2. The molecular formula is C18H15F3N2O2. The lowest BCUT2D eigenvalue weighted by molar-refractivity contribution is -0.153.